The van der Waals surface area contributed by atoms with Crippen molar-refractivity contribution in [2.75, 3.05) is 13.2 Å². The lowest BCUT2D eigenvalue weighted by molar-refractivity contribution is -0.149. The van der Waals surface area contributed by atoms with Gasteiger partial charge in [0.05, 0.1) is 11.6 Å². The Kier molecular flexibility index (Phi) is 5.43. The maximum atomic E-state index is 12.8. The second-order valence-corrected chi connectivity index (χ2v) is 6.31. The molecule has 0 radical (unpaired) electrons. The van der Waals surface area contributed by atoms with Gasteiger partial charge < -0.3 is 14.1 Å². The molecule has 0 saturated carbocycles. The van der Waals surface area contributed by atoms with Gasteiger partial charge >= 0.3 is 5.97 Å². The van der Waals surface area contributed by atoms with E-state index in [1.807, 2.05) is 18.2 Å². The lowest BCUT2D eigenvalue weighted by Gasteiger charge is -2.33. The molecule has 1 atom stereocenters. The van der Waals surface area contributed by atoms with Gasteiger partial charge in [-0.25, -0.2) is 4.79 Å². The van der Waals surface area contributed by atoms with Crippen LogP contribution in [0.5, 0.6) is 0 Å². The van der Waals surface area contributed by atoms with Gasteiger partial charge in [0.15, 0.2) is 5.76 Å². The van der Waals surface area contributed by atoms with Gasteiger partial charge in [-0.1, -0.05) is 23.7 Å². The summed E-state index contributed by atoms with van der Waals surface area (Å²) in [6.07, 6.45) is 2.37. The fraction of sp³-hybridized carbons (Fsp3) is 0.368. The Morgan fingerprint density at radius 1 is 1.24 bits per heavy atom. The summed E-state index contributed by atoms with van der Waals surface area (Å²) in [4.78, 5) is 26.5. The number of benzene rings is 1. The average molecular weight is 362 g/mol. The molecule has 1 aliphatic heterocycles. The Hall–Kier alpha value is -2.27. The van der Waals surface area contributed by atoms with Crippen LogP contribution in [0.2, 0.25) is 5.02 Å². The minimum Gasteiger partial charge on any atom is -0.464 e. The van der Waals surface area contributed by atoms with E-state index in [1.54, 1.807) is 30.0 Å². The highest BCUT2D eigenvalue weighted by atomic mass is 35.5. The number of halogens is 1. The monoisotopic (exact) mass is 361 g/mol. The average Bonchev–Trinajstić information content (AvgIpc) is 3.11. The molecule has 0 bridgehead atoms. The van der Waals surface area contributed by atoms with Crippen molar-refractivity contribution in [3.8, 4) is 11.3 Å². The summed E-state index contributed by atoms with van der Waals surface area (Å²) in [6, 6.07) is 10.1. The van der Waals surface area contributed by atoms with E-state index in [-0.39, 0.29) is 17.6 Å². The smallest absolute Gasteiger partial charge is 0.328 e. The molecule has 2 heterocycles. The summed E-state index contributed by atoms with van der Waals surface area (Å²) in [7, 11) is 0. The van der Waals surface area contributed by atoms with E-state index in [2.05, 4.69) is 0 Å². The summed E-state index contributed by atoms with van der Waals surface area (Å²) in [5.41, 5.74) is 0.726. The normalized spacial score (nSPS) is 17.4. The topological polar surface area (TPSA) is 59.8 Å². The third-order valence-corrected chi connectivity index (χ3v) is 4.61. The number of furan rings is 1. The van der Waals surface area contributed by atoms with Crippen LogP contribution in [0.3, 0.4) is 0 Å². The molecule has 1 unspecified atom stereocenters. The molecule has 1 saturated heterocycles. The summed E-state index contributed by atoms with van der Waals surface area (Å²) in [5.74, 6) is 0.0780. The van der Waals surface area contributed by atoms with E-state index in [0.717, 1.165) is 18.4 Å². The van der Waals surface area contributed by atoms with Crippen molar-refractivity contribution in [1.29, 1.82) is 0 Å². The first-order valence-corrected chi connectivity index (χ1v) is 8.82. The Balaban J connectivity index is 1.82. The predicted molar refractivity (Wildman–Crippen MR) is 94.5 cm³/mol. The van der Waals surface area contributed by atoms with Crippen molar-refractivity contribution in [3.63, 3.8) is 0 Å². The molecule has 25 heavy (non-hydrogen) atoms. The number of nitrogens with zero attached hydrogens (tertiary/aromatic N) is 1. The summed E-state index contributed by atoms with van der Waals surface area (Å²) in [6.45, 7) is 2.58. The van der Waals surface area contributed by atoms with Crippen LogP contribution in [0.4, 0.5) is 0 Å². The first-order valence-electron chi connectivity index (χ1n) is 8.44. The Morgan fingerprint density at radius 3 is 2.80 bits per heavy atom. The number of hydrogen-bond donors (Lipinski definition) is 0. The largest absolute Gasteiger partial charge is 0.464 e. The van der Waals surface area contributed by atoms with Crippen molar-refractivity contribution in [3.05, 3.63) is 47.2 Å². The molecule has 5 nitrogen and oxygen atoms in total. The van der Waals surface area contributed by atoms with Crippen molar-refractivity contribution in [2.24, 2.45) is 0 Å². The fourth-order valence-electron chi connectivity index (χ4n) is 3.06. The number of carbonyl (C=O) groups excluding carboxylic acids is 2. The van der Waals surface area contributed by atoms with Gasteiger partial charge in [-0.2, -0.15) is 0 Å². The number of likely N-dealkylation sites (tertiary alicyclic amines) is 1. The first kappa shape index (κ1) is 17.5. The van der Waals surface area contributed by atoms with E-state index >= 15 is 0 Å². The van der Waals surface area contributed by atoms with Crippen LogP contribution < -0.4 is 0 Å². The molecule has 6 heteroatoms. The molecule has 0 spiro atoms. The van der Waals surface area contributed by atoms with Crippen LogP contribution in [0.15, 0.2) is 40.8 Å². The molecule has 1 aromatic carbocycles. The molecule has 1 fully saturated rings. The molecule has 2 aromatic rings. The molecule has 1 amide bonds. The zero-order valence-electron chi connectivity index (χ0n) is 14.0. The number of ether oxygens (including phenoxy) is 1. The molecule has 1 aromatic heterocycles. The number of esters is 1. The summed E-state index contributed by atoms with van der Waals surface area (Å²) < 4.78 is 10.8. The van der Waals surface area contributed by atoms with E-state index in [1.165, 1.54) is 0 Å². The maximum absolute atomic E-state index is 12.8. The number of carbonyl (C=O) groups is 2. The molecule has 0 aliphatic carbocycles. The van der Waals surface area contributed by atoms with E-state index in [4.69, 9.17) is 20.8 Å². The fourth-order valence-corrected chi connectivity index (χ4v) is 3.29. The second kappa shape index (κ2) is 7.74. The van der Waals surface area contributed by atoms with Crippen LogP contribution in [0.25, 0.3) is 11.3 Å². The number of piperidine rings is 1. The maximum Gasteiger partial charge on any atom is 0.328 e. The third kappa shape index (κ3) is 3.71. The standard InChI is InChI=1S/C19H20ClNO4/c1-2-24-19(23)15-9-5-6-12-21(15)18(22)17-11-10-16(25-17)13-7-3-4-8-14(13)20/h3-4,7-8,10-11,15H,2,5-6,9,12H2,1H3. The van der Waals surface area contributed by atoms with Crippen LogP contribution in [-0.4, -0.2) is 36.0 Å². The lowest BCUT2D eigenvalue weighted by Crippen LogP contribution is -2.48. The SMILES string of the molecule is CCOC(=O)C1CCCCN1C(=O)c1ccc(-c2ccccc2Cl)o1. The van der Waals surface area contributed by atoms with Crippen molar-refractivity contribution >= 4 is 23.5 Å². The van der Waals surface area contributed by atoms with E-state index in [0.29, 0.717) is 30.4 Å². The second-order valence-electron chi connectivity index (χ2n) is 5.91. The number of hydrogen-bond acceptors (Lipinski definition) is 4. The van der Waals surface area contributed by atoms with Gasteiger partial charge in [-0.15, -0.1) is 0 Å². The molecule has 132 valence electrons. The van der Waals surface area contributed by atoms with Gasteiger partial charge in [-0.3, -0.25) is 4.79 Å². The van der Waals surface area contributed by atoms with Crippen LogP contribution in [-0.2, 0) is 9.53 Å². The zero-order valence-corrected chi connectivity index (χ0v) is 14.8. The van der Waals surface area contributed by atoms with Crippen LogP contribution >= 0.6 is 11.6 Å². The van der Waals surface area contributed by atoms with Crippen LogP contribution in [0, 0.1) is 0 Å². The van der Waals surface area contributed by atoms with Crippen LogP contribution in [0.1, 0.15) is 36.7 Å². The highest BCUT2D eigenvalue weighted by Crippen LogP contribution is 2.30. The highest BCUT2D eigenvalue weighted by Gasteiger charge is 2.34. The van der Waals surface area contributed by atoms with Gasteiger partial charge in [0.2, 0.25) is 0 Å². The molecule has 3 rings (SSSR count). The van der Waals surface area contributed by atoms with Gasteiger partial charge in [0, 0.05) is 12.1 Å². The minimum atomic E-state index is -0.546. The van der Waals surface area contributed by atoms with Gasteiger partial charge in [0.1, 0.15) is 11.8 Å². The predicted octanol–water partition coefficient (Wildman–Crippen LogP) is 4.16. The zero-order chi connectivity index (χ0) is 17.8. The summed E-state index contributed by atoms with van der Waals surface area (Å²) in [5, 5.41) is 0.554. The number of amides is 1. The van der Waals surface area contributed by atoms with Crippen molar-refractivity contribution < 1.29 is 18.7 Å². The van der Waals surface area contributed by atoms with Crippen molar-refractivity contribution in [2.45, 2.75) is 32.2 Å². The quantitative estimate of drug-likeness (QED) is 0.767. The summed E-state index contributed by atoms with van der Waals surface area (Å²) >= 11 is 6.18. The first-order chi connectivity index (χ1) is 12.1. The molecule has 1 aliphatic rings. The van der Waals surface area contributed by atoms with Gasteiger partial charge in [-0.05, 0) is 50.5 Å². The minimum absolute atomic E-state index is 0.200. The molecule has 0 N–H and O–H groups in total. The molecular formula is C19H20ClNO4. The van der Waals surface area contributed by atoms with Crippen molar-refractivity contribution in [1.82, 2.24) is 4.90 Å². The lowest BCUT2D eigenvalue weighted by atomic mass is 10.0. The Bertz CT molecular complexity index is 770. The van der Waals surface area contributed by atoms with Gasteiger partial charge in [0.25, 0.3) is 5.91 Å². The third-order valence-electron chi connectivity index (χ3n) is 4.28. The highest BCUT2D eigenvalue weighted by molar-refractivity contribution is 6.33. The Morgan fingerprint density at radius 2 is 2.04 bits per heavy atom. The molecular weight excluding hydrogens is 342 g/mol. The van der Waals surface area contributed by atoms with E-state index < -0.39 is 6.04 Å². The Labute approximate surface area is 151 Å². The number of rotatable bonds is 4. The van der Waals surface area contributed by atoms with E-state index in [9.17, 15) is 9.59 Å².